The van der Waals surface area contributed by atoms with Gasteiger partial charge in [0.25, 0.3) is 0 Å². The van der Waals surface area contributed by atoms with Gasteiger partial charge in [0.1, 0.15) is 6.54 Å². The van der Waals surface area contributed by atoms with Crippen LogP contribution < -0.4 is 4.31 Å². The number of hydrogen-bond donors (Lipinski definition) is 0. The van der Waals surface area contributed by atoms with Crippen molar-refractivity contribution in [2.24, 2.45) is 0 Å². The van der Waals surface area contributed by atoms with Crippen molar-refractivity contribution in [1.29, 1.82) is 0 Å². The number of halogens is 1. The van der Waals surface area contributed by atoms with Crippen molar-refractivity contribution in [2.75, 3.05) is 30.2 Å². The van der Waals surface area contributed by atoms with Crippen LogP contribution in [-0.2, 0) is 14.8 Å². The van der Waals surface area contributed by atoms with E-state index < -0.39 is 10.0 Å². The normalized spacial score (nSPS) is 11.3. The number of benzene rings is 1. The topological polar surface area (TPSA) is 57.7 Å². The fraction of sp³-hybridized carbons (Fsp3) is 0.500. The molecule has 21 heavy (non-hydrogen) atoms. The van der Waals surface area contributed by atoms with E-state index in [4.69, 9.17) is 11.6 Å². The molecule has 1 rings (SSSR count). The second-order valence-electron chi connectivity index (χ2n) is 4.77. The maximum absolute atomic E-state index is 12.2. The molecule has 0 saturated carbocycles. The van der Waals surface area contributed by atoms with Crippen LogP contribution in [0.25, 0.3) is 0 Å². The van der Waals surface area contributed by atoms with E-state index in [0.29, 0.717) is 23.8 Å². The summed E-state index contributed by atoms with van der Waals surface area (Å²) in [6.45, 7) is 6.41. The Balaban J connectivity index is 3.13. The highest BCUT2D eigenvalue weighted by molar-refractivity contribution is 7.92. The van der Waals surface area contributed by atoms with Gasteiger partial charge in [-0.3, -0.25) is 9.10 Å². The summed E-state index contributed by atoms with van der Waals surface area (Å²) in [5.41, 5.74) is 1.25. The molecule has 118 valence electrons. The Bertz CT molecular complexity index is 613. The first-order valence-electron chi connectivity index (χ1n) is 6.72. The molecule has 7 heteroatoms. The molecule has 0 N–H and O–H groups in total. The van der Waals surface area contributed by atoms with E-state index in [-0.39, 0.29) is 12.5 Å². The van der Waals surface area contributed by atoms with Crippen molar-refractivity contribution in [3.63, 3.8) is 0 Å². The van der Waals surface area contributed by atoms with E-state index in [1.54, 1.807) is 23.1 Å². The lowest BCUT2D eigenvalue weighted by atomic mass is 10.2. The zero-order valence-electron chi connectivity index (χ0n) is 12.8. The summed E-state index contributed by atoms with van der Waals surface area (Å²) < 4.78 is 25.0. The number of amides is 1. The van der Waals surface area contributed by atoms with Gasteiger partial charge in [-0.1, -0.05) is 17.7 Å². The number of likely N-dealkylation sites (N-methyl/N-ethyl adjacent to an activating group) is 1. The summed E-state index contributed by atoms with van der Waals surface area (Å²) in [6.07, 6.45) is 1.08. The molecular formula is C14H21ClN2O3S. The van der Waals surface area contributed by atoms with Crippen molar-refractivity contribution in [3.8, 4) is 0 Å². The van der Waals surface area contributed by atoms with Crippen LogP contribution in [0.5, 0.6) is 0 Å². The van der Waals surface area contributed by atoms with Gasteiger partial charge in [-0.15, -0.1) is 0 Å². The van der Waals surface area contributed by atoms with E-state index in [1.165, 1.54) is 0 Å². The minimum atomic E-state index is -3.57. The molecule has 1 aromatic carbocycles. The molecule has 0 atom stereocenters. The fourth-order valence-corrected chi connectivity index (χ4v) is 2.95. The van der Waals surface area contributed by atoms with Gasteiger partial charge >= 0.3 is 0 Å². The maximum atomic E-state index is 12.2. The monoisotopic (exact) mass is 332 g/mol. The number of nitrogens with zero attached hydrogens (tertiary/aromatic N) is 2. The second kappa shape index (κ2) is 7.13. The summed E-state index contributed by atoms with van der Waals surface area (Å²) >= 11 is 6.04. The van der Waals surface area contributed by atoms with Crippen molar-refractivity contribution < 1.29 is 13.2 Å². The molecule has 5 nitrogen and oxygen atoms in total. The van der Waals surface area contributed by atoms with Crippen LogP contribution in [0.1, 0.15) is 19.4 Å². The largest absolute Gasteiger partial charge is 0.342 e. The first-order valence-corrected chi connectivity index (χ1v) is 8.95. The van der Waals surface area contributed by atoms with Gasteiger partial charge in [0.05, 0.1) is 11.9 Å². The molecule has 0 spiro atoms. The molecule has 0 fully saturated rings. The molecule has 0 aromatic heterocycles. The van der Waals surface area contributed by atoms with Gasteiger partial charge in [0.15, 0.2) is 0 Å². The molecule has 0 radical (unpaired) electrons. The minimum absolute atomic E-state index is 0.222. The van der Waals surface area contributed by atoms with Crippen molar-refractivity contribution >= 4 is 33.2 Å². The van der Waals surface area contributed by atoms with Gasteiger partial charge in [0, 0.05) is 18.1 Å². The predicted molar refractivity (Wildman–Crippen MR) is 86.3 cm³/mol. The maximum Gasteiger partial charge on any atom is 0.243 e. The summed E-state index contributed by atoms with van der Waals surface area (Å²) in [7, 11) is -3.57. The van der Waals surface area contributed by atoms with E-state index in [2.05, 4.69) is 0 Å². The summed E-state index contributed by atoms with van der Waals surface area (Å²) in [4.78, 5) is 13.8. The Morgan fingerprint density at radius 1 is 1.24 bits per heavy atom. The van der Waals surface area contributed by atoms with Gasteiger partial charge in [0.2, 0.25) is 15.9 Å². The molecule has 1 aromatic rings. The third-order valence-corrected chi connectivity index (χ3v) is 4.79. The number of aryl methyl sites for hydroxylation is 1. The highest BCUT2D eigenvalue weighted by atomic mass is 35.5. The van der Waals surface area contributed by atoms with E-state index >= 15 is 0 Å². The highest BCUT2D eigenvalue weighted by Crippen LogP contribution is 2.24. The summed E-state index contributed by atoms with van der Waals surface area (Å²) in [5.74, 6) is -0.234. The van der Waals surface area contributed by atoms with Crippen LogP contribution in [0.2, 0.25) is 5.02 Å². The van der Waals surface area contributed by atoms with Crippen molar-refractivity contribution in [2.45, 2.75) is 20.8 Å². The fourth-order valence-electron chi connectivity index (χ4n) is 1.94. The average Bonchev–Trinajstić information content (AvgIpc) is 2.39. The smallest absolute Gasteiger partial charge is 0.243 e. The first-order chi connectivity index (χ1) is 9.70. The second-order valence-corrected chi connectivity index (χ2v) is 7.08. The number of carbonyl (C=O) groups excluding carboxylic acids is 1. The van der Waals surface area contributed by atoms with Crippen LogP contribution in [0.4, 0.5) is 5.69 Å². The van der Waals surface area contributed by atoms with Gasteiger partial charge in [-0.05, 0) is 38.5 Å². The Kier molecular flexibility index (Phi) is 6.04. The average molecular weight is 333 g/mol. The van der Waals surface area contributed by atoms with Gasteiger partial charge < -0.3 is 4.90 Å². The van der Waals surface area contributed by atoms with E-state index in [0.717, 1.165) is 16.1 Å². The molecule has 0 aliphatic rings. The standard InChI is InChI=1S/C14H21ClN2O3S/c1-5-16(6-2)14(18)10-17(21(4,19)20)12-8-7-11(3)13(15)9-12/h7-9H,5-6,10H2,1-4H3. The van der Waals surface area contributed by atoms with Gasteiger partial charge in [-0.25, -0.2) is 8.42 Å². The highest BCUT2D eigenvalue weighted by Gasteiger charge is 2.23. The Labute approximate surface area is 131 Å². The predicted octanol–water partition coefficient (Wildman–Crippen LogP) is 2.28. The quantitative estimate of drug-likeness (QED) is 0.803. The summed E-state index contributed by atoms with van der Waals surface area (Å²) in [6, 6.07) is 4.95. The first kappa shape index (κ1) is 17.8. The lowest BCUT2D eigenvalue weighted by Gasteiger charge is -2.26. The van der Waals surface area contributed by atoms with Crippen LogP contribution in [0, 0.1) is 6.92 Å². The molecule has 0 bridgehead atoms. The molecule has 1 amide bonds. The van der Waals surface area contributed by atoms with Gasteiger partial charge in [-0.2, -0.15) is 0 Å². The zero-order valence-corrected chi connectivity index (χ0v) is 14.3. The zero-order chi connectivity index (χ0) is 16.2. The Morgan fingerprint density at radius 3 is 2.24 bits per heavy atom. The number of hydrogen-bond acceptors (Lipinski definition) is 3. The van der Waals surface area contributed by atoms with Crippen LogP contribution >= 0.6 is 11.6 Å². The molecule has 0 unspecified atom stereocenters. The number of rotatable bonds is 6. The molecule has 0 heterocycles. The van der Waals surface area contributed by atoms with Crippen molar-refractivity contribution in [3.05, 3.63) is 28.8 Å². The van der Waals surface area contributed by atoms with Crippen LogP contribution in [0.15, 0.2) is 18.2 Å². The van der Waals surface area contributed by atoms with E-state index in [9.17, 15) is 13.2 Å². The minimum Gasteiger partial charge on any atom is -0.342 e. The van der Waals surface area contributed by atoms with E-state index in [1.807, 2.05) is 20.8 Å². The Hall–Kier alpha value is -1.27. The van der Waals surface area contributed by atoms with Crippen LogP contribution in [0.3, 0.4) is 0 Å². The van der Waals surface area contributed by atoms with Crippen LogP contribution in [-0.4, -0.2) is 45.1 Å². The lowest BCUT2D eigenvalue weighted by Crippen LogP contribution is -2.42. The third-order valence-electron chi connectivity index (χ3n) is 3.24. The molecule has 0 saturated heterocycles. The third kappa shape index (κ3) is 4.61. The van der Waals surface area contributed by atoms with Crippen molar-refractivity contribution in [1.82, 2.24) is 4.90 Å². The molecule has 0 aliphatic heterocycles. The SMILES string of the molecule is CCN(CC)C(=O)CN(c1ccc(C)c(Cl)c1)S(C)(=O)=O. The lowest BCUT2D eigenvalue weighted by molar-refractivity contribution is -0.129. The summed E-state index contributed by atoms with van der Waals surface area (Å²) in [5, 5.41) is 0.469. The Morgan fingerprint density at radius 2 is 1.81 bits per heavy atom. The molecule has 0 aliphatic carbocycles. The number of sulfonamides is 1. The molecular weight excluding hydrogens is 312 g/mol. The number of carbonyl (C=O) groups is 1. The number of anilines is 1.